The van der Waals surface area contributed by atoms with Crippen molar-refractivity contribution in [3.05, 3.63) is 129 Å². The quantitative estimate of drug-likeness (QED) is 0.0928. The monoisotopic (exact) mass is 809 g/mol. The number of rotatable bonds is 15. The summed E-state index contributed by atoms with van der Waals surface area (Å²) >= 11 is -5.89. The molecule has 2 atom stereocenters. The first kappa shape index (κ1) is 38.5. The molecule has 8 heteroatoms. The average Bonchev–Trinajstić information content (AvgIpc) is 3.74. The molecule has 2 amide bonds. The number of hydrogen-bond acceptors (Lipinski definition) is 2. The van der Waals surface area contributed by atoms with Crippen molar-refractivity contribution in [3.8, 4) is 22.3 Å². The molecule has 0 spiro atoms. The third-order valence-corrected chi connectivity index (χ3v) is 31.2. The fourth-order valence-corrected chi connectivity index (χ4v) is 30.0. The number of allylic oxidation sites excluding steroid dienone is 2. The fraction of sp³-hybridized carbons (Fsp3) is 0.318. The van der Waals surface area contributed by atoms with Gasteiger partial charge in [0.05, 0.1) is 0 Å². The normalized spacial score (nSPS) is 17.2. The zero-order valence-corrected chi connectivity index (χ0v) is 35.1. The molecule has 52 heavy (non-hydrogen) atoms. The Labute approximate surface area is 318 Å². The molecule has 2 unspecified atom stereocenters. The number of hydrogen-bond donors (Lipinski definition) is 2. The topological polar surface area (TPSA) is 58.2 Å². The van der Waals surface area contributed by atoms with E-state index in [1.165, 1.54) is 22.3 Å². The molecule has 0 heterocycles. The third-order valence-electron chi connectivity index (χ3n) is 11.3. The molecule has 4 aromatic carbocycles. The van der Waals surface area contributed by atoms with Crippen molar-refractivity contribution >= 4 is 46.5 Å². The van der Waals surface area contributed by atoms with E-state index in [4.69, 9.17) is 17.0 Å². The molecule has 2 aliphatic rings. The van der Waals surface area contributed by atoms with Crippen molar-refractivity contribution in [3.63, 3.8) is 0 Å². The summed E-state index contributed by atoms with van der Waals surface area (Å²) < 4.78 is -1.77. The van der Waals surface area contributed by atoms with E-state index in [1.54, 1.807) is 0 Å². The zero-order valence-electron chi connectivity index (χ0n) is 31.2. The van der Waals surface area contributed by atoms with E-state index >= 15 is 0 Å². The second-order valence-electron chi connectivity index (χ2n) is 15.1. The number of benzene rings is 4. The molecular formula is C44H50BCl2N2O2Zr. The molecule has 0 saturated carbocycles. The standard InChI is InChI=1S/2C21H23.C2H3BN2O2.2ClH.Zr/c2*1-4-8-16-9-5-6-11-19(16)20-12-7-10-17-13-18(15(2)3)14-21(17)20;6-1-4-3-5-2-7;;;/h2*5-7,9-15H,4,8H2,1-3H3;1-2H,(H-,4,5,6,7);2*1H;/q;;;;;+1/p-1. The maximum atomic E-state index is 12.5. The molecule has 2 N–H and O–H groups in total. The predicted molar refractivity (Wildman–Crippen MR) is 219 cm³/mol. The van der Waals surface area contributed by atoms with E-state index in [1.807, 2.05) is 0 Å². The van der Waals surface area contributed by atoms with Gasteiger partial charge >= 0.3 is 321 Å². The number of carbonyl (C=O) groups is 2. The maximum absolute atomic E-state index is 12.5. The molecule has 0 aliphatic heterocycles. The molecule has 0 aromatic heterocycles. The van der Waals surface area contributed by atoms with Crippen LogP contribution in [0.15, 0.2) is 96.1 Å². The third kappa shape index (κ3) is 6.52. The van der Waals surface area contributed by atoms with Crippen LogP contribution < -0.4 is 10.5 Å². The molecule has 0 saturated heterocycles. The molecule has 269 valence electrons. The summed E-state index contributed by atoms with van der Waals surface area (Å²) in [5.41, 5.74) is 14.0. The van der Waals surface area contributed by atoms with Crippen LogP contribution in [0, 0.1) is 11.8 Å². The van der Waals surface area contributed by atoms with E-state index in [2.05, 4.69) is 149 Å². The number of aryl methyl sites for hydroxylation is 2. The summed E-state index contributed by atoms with van der Waals surface area (Å²) in [4.78, 5) is 25.1. The van der Waals surface area contributed by atoms with Crippen LogP contribution in [-0.2, 0) is 38.6 Å². The number of fused-ring (bicyclic) bond motifs is 2. The summed E-state index contributed by atoms with van der Waals surface area (Å²) in [7, 11) is 17.3. The average molecular weight is 812 g/mol. The number of amides is 2. The molecule has 0 bridgehead atoms. The van der Waals surface area contributed by atoms with Gasteiger partial charge in [-0.25, -0.2) is 0 Å². The summed E-state index contributed by atoms with van der Waals surface area (Å²) in [6.07, 6.45) is 9.92. The minimum absolute atomic E-state index is 0.0919. The van der Waals surface area contributed by atoms with Crippen LogP contribution in [0.5, 0.6) is 0 Å². The van der Waals surface area contributed by atoms with Crippen LogP contribution in [0.2, 0.25) is 0 Å². The number of carbonyl (C=O) groups excluding carboxylic acids is 2. The van der Waals surface area contributed by atoms with Crippen molar-refractivity contribution < 1.29 is 25.8 Å². The van der Waals surface area contributed by atoms with Crippen LogP contribution in [0.1, 0.15) is 95.0 Å². The molecular weight excluding hydrogens is 761 g/mol. The molecule has 0 radical (unpaired) electrons. The molecule has 0 fully saturated rings. The number of nitrogens with one attached hydrogen (secondary N) is 2. The summed E-state index contributed by atoms with van der Waals surface area (Å²) in [6, 6.07) is 30.2. The van der Waals surface area contributed by atoms with Crippen LogP contribution >= 0.6 is 17.0 Å². The van der Waals surface area contributed by atoms with Gasteiger partial charge in [-0.05, 0) is 0 Å². The summed E-state index contributed by atoms with van der Waals surface area (Å²) in [5, 5.41) is 5.99. The van der Waals surface area contributed by atoms with Gasteiger partial charge in [0.15, 0.2) is 0 Å². The van der Waals surface area contributed by atoms with Crippen LogP contribution in [-0.4, -0.2) is 17.3 Å². The van der Waals surface area contributed by atoms with Gasteiger partial charge < -0.3 is 0 Å². The fourth-order valence-electron chi connectivity index (χ4n) is 9.10. The molecule has 4 aromatic rings. The van der Waals surface area contributed by atoms with Crippen molar-refractivity contribution in [2.75, 3.05) is 0 Å². The Balaban J connectivity index is 1.68. The van der Waals surface area contributed by atoms with Crippen molar-refractivity contribution in [1.82, 2.24) is 10.5 Å². The second kappa shape index (κ2) is 15.7. The Bertz CT molecular complexity index is 1910. The molecule has 6 rings (SSSR count). The number of halogens is 2. The van der Waals surface area contributed by atoms with Gasteiger partial charge in [-0.2, -0.15) is 0 Å². The van der Waals surface area contributed by atoms with Crippen molar-refractivity contribution in [1.29, 1.82) is 0 Å². The van der Waals surface area contributed by atoms with Gasteiger partial charge in [-0.1, -0.05) is 0 Å². The molecule has 2 aliphatic carbocycles. The van der Waals surface area contributed by atoms with Gasteiger partial charge in [0.2, 0.25) is 0 Å². The Morgan fingerprint density at radius 1 is 0.615 bits per heavy atom. The van der Waals surface area contributed by atoms with E-state index in [0.717, 1.165) is 70.2 Å². The summed E-state index contributed by atoms with van der Waals surface area (Å²) in [5.74, 6) is 0.184. The Morgan fingerprint density at radius 2 is 1.00 bits per heavy atom. The minimum atomic E-state index is -5.89. The van der Waals surface area contributed by atoms with Crippen LogP contribution in [0.3, 0.4) is 0 Å². The van der Waals surface area contributed by atoms with Crippen molar-refractivity contribution in [2.45, 2.75) is 74.5 Å². The second-order valence-corrected chi connectivity index (χ2v) is 36.5. The first-order chi connectivity index (χ1) is 25.0. The van der Waals surface area contributed by atoms with E-state index in [-0.39, 0.29) is 11.8 Å². The SMILES string of the molecule is CCCc1ccccc1-c1cccc2c1C=C(C(C)C)[CH]2[Zr]([Cl])([Cl])([B](NC=O)NC=O)[CH]1C(C(C)C)=Cc2c(-c3ccccc3CCC)cccc21. The Kier molecular flexibility index (Phi) is 11.6. The Hall–Kier alpha value is -3.17. The summed E-state index contributed by atoms with van der Waals surface area (Å²) in [6.45, 7) is 13.2. The van der Waals surface area contributed by atoms with Crippen molar-refractivity contribution in [2.24, 2.45) is 11.8 Å². The van der Waals surface area contributed by atoms with Crippen LogP contribution in [0.25, 0.3) is 34.4 Å². The van der Waals surface area contributed by atoms with Crippen LogP contribution in [0.4, 0.5) is 0 Å². The van der Waals surface area contributed by atoms with E-state index in [0.29, 0.717) is 12.8 Å². The van der Waals surface area contributed by atoms with Gasteiger partial charge in [0, 0.05) is 0 Å². The van der Waals surface area contributed by atoms with Gasteiger partial charge in [0.25, 0.3) is 0 Å². The first-order valence-corrected chi connectivity index (χ1v) is 29.4. The van der Waals surface area contributed by atoms with Gasteiger partial charge in [0.1, 0.15) is 0 Å². The predicted octanol–water partition coefficient (Wildman–Crippen LogP) is 11.3. The Morgan fingerprint density at radius 3 is 1.37 bits per heavy atom. The molecule has 4 nitrogen and oxygen atoms in total. The van der Waals surface area contributed by atoms with E-state index < -0.39 is 27.9 Å². The first-order valence-electron chi connectivity index (χ1n) is 18.8. The zero-order chi connectivity index (χ0) is 37.2. The van der Waals surface area contributed by atoms with E-state index in [9.17, 15) is 9.59 Å². The van der Waals surface area contributed by atoms with Gasteiger partial charge in [-0.3, -0.25) is 0 Å². The van der Waals surface area contributed by atoms with Gasteiger partial charge in [-0.15, -0.1) is 0 Å².